The molecule has 4 atom stereocenters. The van der Waals surface area contributed by atoms with Crippen LogP contribution in [-0.2, 0) is 9.59 Å². The molecular weight excluding hydrogens is 284 g/mol. The zero-order valence-corrected chi connectivity index (χ0v) is 12.0. The van der Waals surface area contributed by atoms with Crippen LogP contribution in [0, 0.1) is 5.92 Å². The number of carbonyl (C=O) groups is 2. The summed E-state index contributed by atoms with van der Waals surface area (Å²) in [4.78, 5) is 21.9. The molecule has 1 saturated carbocycles. The number of carboxylic acids is 2. The predicted molar refractivity (Wildman–Crippen MR) is 75.5 cm³/mol. The fourth-order valence-electron chi connectivity index (χ4n) is 2.74. The highest BCUT2D eigenvalue weighted by Crippen LogP contribution is 2.41. The highest BCUT2D eigenvalue weighted by molar-refractivity contribution is 8.00. The number of carboxylic acid groups (broad SMARTS) is 2. The first-order valence-corrected chi connectivity index (χ1v) is 7.55. The summed E-state index contributed by atoms with van der Waals surface area (Å²) in [6.45, 7) is 0.461. The van der Waals surface area contributed by atoms with E-state index >= 15 is 0 Å². The summed E-state index contributed by atoms with van der Waals surface area (Å²) in [7, 11) is 0. The fraction of sp³-hybridized carbons (Fsp3) is 0.833. The van der Waals surface area contributed by atoms with E-state index < -0.39 is 29.5 Å². The van der Waals surface area contributed by atoms with E-state index in [4.69, 9.17) is 21.7 Å². The zero-order valence-electron chi connectivity index (χ0n) is 11.2. The summed E-state index contributed by atoms with van der Waals surface area (Å²) >= 11 is 1.46. The molecule has 0 heterocycles. The maximum atomic E-state index is 11.0. The van der Waals surface area contributed by atoms with Crippen LogP contribution in [0.15, 0.2) is 0 Å². The van der Waals surface area contributed by atoms with Gasteiger partial charge in [0.25, 0.3) is 0 Å². The van der Waals surface area contributed by atoms with Crippen LogP contribution >= 0.6 is 11.8 Å². The van der Waals surface area contributed by atoms with Gasteiger partial charge in [0.15, 0.2) is 0 Å². The van der Waals surface area contributed by atoms with E-state index in [-0.39, 0.29) is 30.9 Å². The van der Waals surface area contributed by atoms with Crippen LogP contribution in [0.1, 0.15) is 25.7 Å². The third-order valence-corrected chi connectivity index (χ3v) is 5.08. The van der Waals surface area contributed by atoms with Crippen molar-refractivity contribution in [2.24, 2.45) is 17.4 Å². The molecule has 0 saturated heterocycles. The van der Waals surface area contributed by atoms with Crippen LogP contribution in [0.4, 0.5) is 0 Å². The molecule has 20 heavy (non-hydrogen) atoms. The Morgan fingerprint density at radius 2 is 1.95 bits per heavy atom. The van der Waals surface area contributed by atoms with Crippen molar-refractivity contribution in [1.82, 2.24) is 0 Å². The lowest BCUT2D eigenvalue weighted by Gasteiger charge is -2.45. The lowest BCUT2D eigenvalue weighted by molar-refractivity contribution is -0.143. The molecule has 0 radical (unpaired) electrons. The molecule has 0 bridgehead atoms. The molecule has 8 heteroatoms. The highest BCUT2D eigenvalue weighted by Gasteiger charge is 2.46. The number of aliphatic carboxylic acids is 2. The van der Waals surface area contributed by atoms with Gasteiger partial charge in [-0.15, -0.1) is 0 Å². The van der Waals surface area contributed by atoms with Crippen LogP contribution in [0.25, 0.3) is 0 Å². The minimum atomic E-state index is -1.10. The van der Waals surface area contributed by atoms with Gasteiger partial charge in [0.05, 0.1) is 18.9 Å². The van der Waals surface area contributed by atoms with E-state index in [1.807, 2.05) is 0 Å². The predicted octanol–water partition coefficient (Wildman–Crippen LogP) is -0.535. The van der Waals surface area contributed by atoms with Crippen molar-refractivity contribution in [2.45, 2.75) is 42.6 Å². The Morgan fingerprint density at radius 1 is 1.30 bits per heavy atom. The third-order valence-electron chi connectivity index (χ3n) is 3.70. The van der Waals surface area contributed by atoms with Crippen LogP contribution in [0.3, 0.4) is 0 Å². The quantitative estimate of drug-likeness (QED) is 0.421. The monoisotopic (exact) mass is 306 g/mol. The molecule has 0 aliphatic heterocycles. The second-order valence-electron chi connectivity index (χ2n) is 5.30. The third kappa shape index (κ3) is 4.62. The van der Waals surface area contributed by atoms with Crippen molar-refractivity contribution in [3.05, 3.63) is 0 Å². The van der Waals surface area contributed by atoms with Gasteiger partial charge in [0.2, 0.25) is 0 Å². The van der Waals surface area contributed by atoms with E-state index in [1.165, 1.54) is 11.8 Å². The summed E-state index contributed by atoms with van der Waals surface area (Å²) in [5.41, 5.74) is 10.5. The normalized spacial score (nSPS) is 33.9. The number of aliphatic hydroxyl groups is 1. The van der Waals surface area contributed by atoms with Crippen molar-refractivity contribution < 1.29 is 24.9 Å². The number of rotatable bonds is 7. The maximum Gasteiger partial charge on any atom is 0.305 e. The average molecular weight is 306 g/mol. The molecular formula is C12H22N2O5S. The molecule has 4 unspecified atom stereocenters. The molecule has 7 nitrogen and oxygen atoms in total. The van der Waals surface area contributed by atoms with Gasteiger partial charge in [-0.25, -0.2) is 0 Å². The van der Waals surface area contributed by atoms with Crippen molar-refractivity contribution in [1.29, 1.82) is 0 Å². The van der Waals surface area contributed by atoms with E-state index in [0.29, 0.717) is 12.3 Å². The lowest BCUT2D eigenvalue weighted by Crippen LogP contribution is -2.57. The molecule has 0 spiro atoms. The Morgan fingerprint density at radius 3 is 2.45 bits per heavy atom. The molecule has 0 aromatic rings. The Labute approximate surface area is 121 Å². The Hall–Kier alpha value is -0.830. The molecule has 0 aromatic carbocycles. The Kier molecular flexibility index (Phi) is 6.25. The SMILES string of the molecule is NCCSC1CC(N)(CC(=O)O)C(CC(=O)O)CC1O. The van der Waals surface area contributed by atoms with Gasteiger partial charge in [0, 0.05) is 23.1 Å². The number of nitrogens with two attached hydrogens (primary N) is 2. The van der Waals surface area contributed by atoms with Crippen LogP contribution in [-0.4, -0.2) is 56.4 Å². The standard InChI is InChI=1S/C12H22N2O5S/c13-1-2-20-9-5-12(14,6-11(18)19)7(3-8(9)15)4-10(16)17/h7-9,15H,1-6,13-14H2,(H,16,17)(H,18,19). The van der Waals surface area contributed by atoms with Gasteiger partial charge < -0.3 is 26.8 Å². The number of thioether (sulfide) groups is 1. The number of aliphatic hydroxyl groups excluding tert-OH is 1. The summed E-state index contributed by atoms with van der Waals surface area (Å²) in [5.74, 6) is -1.98. The van der Waals surface area contributed by atoms with Gasteiger partial charge in [-0.1, -0.05) is 0 Å². The largest absolute Gasteiger partial charge is 0.481 e. The van der Waals surface area contributed by atoms with Crippen LogP contribution in [0.2, 0.25) is 0 Å². The molecule has 1 fully saturated rings. The van der Waals surface area contributed by atoms with Crippen molar-refractivity contribution in [3.8, 4) is 0 Å². The summed E-state index contributed by atoms with van der Waals surface area (Å²) in [6, 6.07) is 0. The van der Waals surface area contributed by atoms with E-state index in [9.17, 15) is 14.7 Å². The summed E-state index contributed by atoms with van der Waals surface area (Å²) in [6.07, 6.45) is -0.713. The summed E-state index contributed by atoms with van der Waals surface area (Å²) < 4.78 is 0. The average Bonchev–Trinajstić information content (AvgIpc) is 2.30. The molecule has 1 aliphatic carbocycles. The molecule has 7 N–H and O–H groups in total. The first kappa shape index (κ1) is 17.2. The minimum Gasteiger partial charge on any atom is -0.481 e. The first-order chi connectivity index (χ1) is 9.28. The van der Waals surface area contributed by atoms with E-state index in [2.05, 4.69) is 0 Å². The fourth-order valence-corrected chi connectivity index (χ4v) is 3.94. The van der Waals surface area contributed by atoms with Gasteiger partial charge in [-0.2, -0.15) is 11.8 Å². The topological polar surface area (TPSA) is 147 Å². The van der Waals surface area contributed by atoms with Crippen LogP contribution < -0.4 is 11.5 Å². The van der Waals surface area contributed by atoms with Crippen LogP contribution in [0.5, 0.6) is 0 Å². The second kappa shape index (κ2) is 7.26. The van der Waals surface area contributed by atoms with Gasteiger partial charge >= 0.3 is 11.9 Å². The Balaban J connectivity index is 2.85. The minimum absolute atomic E-state index is 0.201. The van der Waals surface area contributed by atoms with Crippen molar-refractivity contribution >= 4 is 23.7 Å². The number of hydrogen-bond acceptors (Lipinski definition) is 6. The van der Waals surface area contributed by atoms with Gasteiger partial charge in [-0.05, 0) is 18.8 Å². The smallest absolute Gasteiger partial charge is 0.305 e. The molecule has 1 rings (SSSR count). The van der Waals surface area contributed by atoms with Crippen molar-refractivity contribution in [2.75, 3.05) is 12.3 Å². The first-order valence-electron chi connectivity index (χ1n) is 6.50. The van der Waals surface area contributed by atoms with E-state index in [1.54, 1.807) is 0 Å². The molecule has 0 aromatic heterocycles. The Bertz CT molecular complexity index is 368. The molecule has 116 valence electrons. The second-order valence-corrected chi connectivity index (χ2v) is 6.65. The zero-order chi connectivity index (χ0) is 15.3. The van der Waals surface area contributed by atoms with Gasteiger partial charge in [-0.3, -0.25) is 9.59 Å². The number of hydrogen-bond donors (Lipinski definition) is 5. The lowest BCUT2D eigenvalue weighted by atomic mass is 9.69. The van der Waals surface area contributed by atoms with Crippen molar-refractivity contribution in [3.63, 3.8) is 0 Å². The summed E-state index contributed by atoms with van der Waals surface area (Å²) in [5, 5.41) is 27.8. The maximum absolute atomic E-state index is 11.0. The van der Waals surface area contributed by atoms with Gasteiger partial charge in [0.1, 0.15) is 0 Å². The van der Waals surface area contributed by atoms with E-state index in [0.717, 1.165) is 0 Å². The molecule has 1 aliphatic rings. The molecule has 0 amide bonds. The highest BCUT2D eigenvalue weighted by atomic mass is 32.2.